The van der Waals surface area contributed by atoms with E-state index in [1.54, 1.807) is 12.1 Å². The summed E-state index contributed by atoms with van der Waals surface area (Å²) in [5.74, 6) is 0.0506. The number of rotatable bonds is 32. The molecule has 0 radical (unpaired) electrons. The maximum absolute atomic E-state index is 11.3. The Balaban J connectivity index is 1.81. The maximum atomic E-state index is 11.3. The van der Waals surface area contributed by atoms with E-state index in [4.69, 9.17) is 57.2 Å². The second-order valence-electron chi connectivity index (χ2n) is 8.19. The Morgan fingerprint density at radius 1 is 0.619 bits per heavy atom. The summed E-state index contributed by atoms with van der Waals surface area (Å²) in [5, 5.41) is 8.57. The first-order valence-electron chi connectivity index (χ1n) is 14.1. The van der Waals surface area contributed by atoms with Crippen molar-refractivity contribution in [3.8, 4) is 5.75 Å². The van der Waals surface area contributed by atoms with Crippen LogP contribution in [-0.2, 0) is 52.2 Å². The quantitative estimate of drug-likeness (QED) is 0.0547. The van der Waals surface area contributed by atoms with Crippen molar-refractivity contribution in [1.29, 1.82) is 0 Å². The van der Waals surface area contributed by atoms with E-state index < -0.39 is 12.3 Å². The van der Waals surface area contributed by atoms with Gasteiger partial charge in [-0.05, 0) is 12.1 Å². The number of para-hydroxylation sites is 1. The topological polar surface area (TPSA) is 139 Å². The van der Waals surface area contributed by atoms with Crippen molar-refractivity contribution in [2.45, 2.75) is 6.29 Å². The molecule has 13 heteroatoms. The number of hydrogen-bond donors (Lipinski definition) is 1. The van der Waals surface area contributed by atoms with Gasteiger partial charge in [0.25, 0.3) is 0 Å². The van der Waals surface area contributed by atoms with Crippen molar-refractivity contribution in [1.82, 2.24) is 0 Å². The van der Waals surface area contributed by atoms with Crippen LogP contribution in [0.4, 0.5) is 0 Å². The van der Waals surface area contributed by atoms with Gasteiger partial charge in [-0.25, -0.2) is 4.79 Å². The summed E-state index contributed by atoms with van der Waals surface area (Å²) in [6, 6.07) is 9.11. The Labute approximate surface area is 248 Å². The standard InChI is InChI=1S/C29H48O13/c1-2-28(31)41-26-29(42-27-6-4-3-5-7-27)40-25-24-39-23-22-38-21-20-37-19-18-36-17-16-35-15-14-34-13-12-33-11-10-32-9-8-30/h2-7,29-30H,1,8-26H2. The van der Waals surface area contributed by atoms with Crippen LogP contribution in [0.25, 0.3) is 0 Å². The first-order chi connectivity index (χ1) is 20.8. The van der Waals surface area contributed by atoms with E-state index in [1.165, 1.54) is 0 Å². The van der Waals surface area contributed by atoms with Crippen LogP contribution in [-0.4, -0.2) is 143 Å². The molecule has 0 spiro atoms. The van der Waals surface area contributed by atoms with Crippen LogP contribution in [0.1, 0.15) is 0 Å². The van der Waals surface area contributed by atoms with E-state index in [2.05, 4.69) is 6.58 Å². The van der Waals surface area contributed by atoms with Crippen LogP contribution in [0.3, 0.4) is 0 Å². The molecule has 0 heterocycles. The summed E-state index contributed by atoms with van der Waals surface area (Å²) in [6.45, 7) is 10.8. The lowest BCUT2D eigenvalue weighted by Crippen LogP contribution is -2.29. The largest absolute Gasteiger partial charge is 0.461 e. The molecule has 1 aromatic rings. The van der Waals surface area contributed by atoms with Gasteiger partial charge < -0.3 is 57.2 Å². The van der Waals surface area contributed by atoms with E-state index in [-0.39, 0.29) is 19.8 Å². The Bertz CT molecular complexity index is 723. The van der Waals surface area contributed by atoms with Gasteiger partial charge >= 0.3 is 5.97 Å². The minimum Gasteiger partial charge on any atom is -0.461 e. The molecule has 0 saturated carbocycles. The fraction of sp³-hybridized carbons (Fsp3) is 0.690. The fourth-order valence-electron chi connectivity index (χ4n) is 2.92. The van der Waals surface area contributed by atoms with Gasteiger partial charge in [0.2, 0.25) is 6.29 Å². The number of ether oxygens (including phenoxy) is 11. The molecule has 1 N–H and O–H groups in total. The molecular formula is C29H48O13. The summed E-state index contributed by atoms with van der Waals surface area (Å²) >= 11 is 0. The first kappa shape index (κ1) is 37.9. The summed E-state index contributed by atoms with van der Waals surface area (Å²) in [5.41, 5.74) is 0. The molecule has 1 aromatic carbocycles. The Kier molecular flexibility index (Phi) is 27.3. The number of aliphatic hydroxyl groups excluding tert-OH is 1. The van der Waals surface area contributed by atoms with Gasteiger partial charge in [0.15, 0.2) is 6.61 Å². The highest BCUT2D eigenvalue weighted by Gasteiger charge is 2.13. The maximum Gasteiger partial charge on any atom is 0.330 e. The summed E-state index contributed by atoms with van der Waals surface area (Å²) in [6.07, 6.45) is 0.316. The Morgan fingerprint density at radius 3 is 1.38 bits per heavy atom. The molecule has 0 aliphatic rings. The molecular weight excluding hydrogens is 556 g/mol. The van der Waals surface area contributed by atoms with Crippen molar-refractivity contribution in [2.75, 3.05) is 126 Å². The second kappa shape index (κ2) is 30.3. The predicted molar refractivity (Wildman–Crippen MR) is 152 cm³/mol. The molecule has 0 bridgehead atoms. The number of hydrogen-bond acceptors (Lipinski definition) is 13. The highest BCUT2D eigenvalue weighted by atomic mass is 16.7. The average molecular weight is 605 g/mol. The SMILES string of the molecule is C=CC(=O)OCC(OCCOCCOCCOCCOCCOCCOCCOCCOCCO)Oc1ccccc1. The minimum atomic E-state index is -0.767. The molecule has 0 saturated heterocycles. The lowest BCUT2D eigenvalue weighted by Gasteiger charge is -2.19. The first-order valence-corrected chi connectivity index (χ1v) is 14.1. The minimum absolute atomic E-state index is 0.0184. The Morgan fingerprint density at radius 2 is 1.00 bits per heavy atom. The lowest BCUT2D eigenvalue weighted by atomic mass is 10.3. The van der Waals surface area contributed by atoms with Gasteiger partial charge in [0.1, 0.15) is 5.75 Å². The number of carbonyl (C=O) groups excluding carboxylic acids is 1. The molecule has 0 amide bonds. The molecule has 13 nitrogen and oxygen atoms in total. The lowest BCUT2D eigenvalue weighted by molar-refractivity contribution is -0.158. The molecule has 0 aromatic heterocycles. The normalized spacial score (nSPS) is 11.8. The molecule has 1 atom stereocenters. The van der Waals surface area contributed by atoms with Crippen LogP contribution in [0.5, 0.6) is 5.75 Å². The monoisotopic (exact) mass is 604 g/mol. The second-order valence-corrected chi connectivity index (χ2v) is 8.19. The highest BCUT2D eigenvalue weighted by Crippen LogP contribution is 2.12. The van der Waals surface area contributed by atoms with Gasteiger partial charge in [0.05, 0.1) is 119 Å². The zero-order valence-electron chi connectivity index (χ0n) is 24.5. The third-order valence-electron chi connectivity index (χ3n) is 4.91. The van der Waals surface area contributed by atoms with Crippen LogP contribution in [0, 0.1) is 0 Å². The summed E-state index contributed by atoms with van der Waals surface area (Å²) in [4.78, 5) is 11.3. The van der Waals surface area contributed by atoms with Gasteiger partial charge in [-0.2, -0.15) is 0 Å². The van der Waals surface area contributed by atoms with Crippen molar-refractivity contribution in [2.24, 2.45) is 0 Å². The van der Waals surface area contributed by atoms with E-state index in [9.17, 15) is 4.79 Å². The third-order valence-corrected chi connectivity index (χ3v) is 4.91. The number of aliphatic hydroxyl groups is 1. The zero-order valence-corrected chi connectivity index (χ0v) is 24.5. The fourth-order valence-corrected chi connectivity index (χ4v) is 2.92. The van der Waals surface area contributed by atoms with Crippen LogP contribution < -0.4 is 4.74 Å². The van der Waals surface area contributed by atoms with E-state index >= 15 is 0 Å². The molecule has 1 unspecified atom stereocenters. The average Bonchev–Trinajstić information content (AvgIpc) is 3.01. The number of carbonyl (C=O) groups is 1. The van der Waals surface area contributed by atoms with Crippen molar-refractivity contribution in [3.05, 3.63) is 43.0 Å². The van der Waals surface area contributed by atoms with Gasteiger partial charge in [-0.1, -0.05) is 24.8 Å². The van der Waals surface area contributed by atoms with Gasteiger partial charge in [-0.3, -0.25) is 0 Å². The molecule has 0 fully saturated rings. The van der Waals surface area contributed by atoms with Crippen molar-refractivity contribution < 1.29 is 62.0 Å². The number of benzene rings is 1. The van der Waals surface area contributed by atoms with Crippen molar-refractivity contribution in [3.63, 3.8) is 0 Å². The molecule has 242 valence electrons. The molecule has 0 aliphatic carbocycles. The van der Waals surface area contributed by atoms with Crippen molar-refractivity contribution >= 4 is 5.97 Å². The van der Waals surface area contributed by atoms with Crippen LogP contribution >= 0.6 is 0 Å². The predicted octanol–water partition coefficient (Wildman–Crippen LogP) is 1.26. The van der Waals surface area contributed by atoms with Gasteiger partial charge in [0, 0.05) is 6.08 Å². The summed E-state index contributed by atoms with van der Waals surface area (Å²) < 4.78 is 59.5. The highest BCUT2D eigenvalue weighted by molar-refractivity contribution is 5.81. The van der Waals surface area contributed by atoms with E-state index in [0.717, 1.165) is 6.08 Å². The third kappa shape index (κ3) is 25.5. The van der Waals surface area contributed by atoms with E-state index in [1.807, 2.05) is 18.2 Å². The zero-order chi connectivity index (χ0) is 30.2. The summed E-state index contributed by atoms with van der Waals surface area (Å²) in [7, 11) is 0. The molecule has 42 heavy (non-hydrogen) atoms. The van der Waals surface area contributed by atoms with E-state index in [0.29, 0.717) is 111 Å². The Hall–Kier alpha value is -2.17. The smallest absolute Gasteiger partial charge is 0.330 e. The molecule has 0 aliphatic heterocycles. The number of esters is 1. The van der Waals surface area contributed by atoms with Crippen LogP contribution in [0.15, 0.2) is 43.0 Å². The van der Waals surface area contributed by atoms with Gasteiger partial charge in [-0.15, -0.1) is 0 Å². The molecule has 1 rings (SSSR count). The van der Waals surface area contributed by atoms with Crippen LogP contribution in [0.2, 0.25) is 0 Å².